The first-order valence-electron chi connectivity index (χ1n) is 12.2. The Kier molecular flexibility index (Phi) is 6.23. The van der Waals surface area contributed by atoms with Crippen molar-refractivity contribution in [3.05, 3.63) is 59.7 Å². The Morgan fingerprint density at radius 3 is 2.14 bits per heavy atom. The summed E-state index contributed by atoms with van der Waals surface area (Å²) in [7, 11) is 1.58. The summed E-state index contributed by atoms with van der Waals surface area (Å²) in [5.41, 5.74) is 3.74. The van der Waals surface area contributed by atoms with E-state index in [2.05, 4.69) is 29.6 Å². The molecule has 3 aliphatic rings. The van der Waals surface area contributed by atoms with Gasteiger partial charge >= 0.3 is 12.1 Å². The lowest BCUT2D eigenvalue weighted by Gasteiger charge is -2.33. The zero-order valence-corrected chi connectivity index (χ0v) is 19.9. The second kappa shape index (κ2) is 9.34. The number of piperidine rings is 1. The van der Waals surface area contributed by atoms with Crippen molar-refractivity contribution >= 4 is 18.0 Å². The molecule has 2 fully saturated rings. The van der Waals surface area contributed by atoms with E-state index in [0.29, 0.717) is 38.8 Å². The van der Waals surface area contributed by atoms with Gasteiger partial charge in [-0.05, 0) is 47.9 Å². The number of hydrogen-bond acceptors (Lipinski definition) is 5. The molecule has 0 spiro atoms. The molecule has 0 aromatic heterocycles. The molecule has 2 aliphatic carbocycles. The van der Waals surface area contributed by atoms with Crippen LogP contribution in [0.2, 0.25) is 0 Å². The van der Waals surface area contributed by atoms with E-state index >= 15 is 0 Å². The van der Waals surface area contributed by atoms with Crippen LogP contribution in [0.3, 0.4) is 0 Å². The molecular formula is C27H31N3O5. The highest BCUT2D eigenvalue weighted by atomic mass is 16.5. The molecule has 0 bridgehead atoms. The van der Waals surface area contributed by atoms with Crippen LogP contribution in [0.25, 0.3) is 11.1 Å². The highest BCUT2D eigenvalue weighted by Crippen LogP contribution is 2.44. The maximum Gasteiger partial charge on any atom is 0.407 e. The number of nitrogens with zero attached hydrogens (tertiary/aromatic N) is 2. The average molecular weight is 478 g/mol. The van der Waals surface area contributed by atoms with Crippen molar-refractivity contribution in [2.24, 2.45) is 0 Å². The molecule has 2 amide bonds. The number of fused-ring (bicyclic) bond motifs is 3. The second-order valence-corrected chi connectivity index (χ2v) is 9.81. The lowest BCUT2D eigenvalue weighted by molar-refractivity contribution is -0.151. The van der Waals surface area contributed by atoms with E-state index in [1.807, 2.05) is 29.2 Å². The molecule has 1 heterocycles. The SMILES string of the molecule is CN(C(=O)CN1CCC(NC(=O)OCC2c3ccccc3-c3ccccc32)CC1)C1(C(=O)O)CC1. The first kappa shape index (κ1) is 23.4. The largest absolute Gasteiger partial charge is 0.479 e. The zero-order chi connectivity index (χ0) is 24.6. The molecule has 2 aromatic carbocycles. The van der Waals surface area contributed by atoms with Crippen molar-refractivity contribution in [2.45, 2.75) is 43.2 Å². The predicted octanol–water partition coefficient (Wildman–Crippen LogP) is 3.07. The van der Waals surface area contributed by atoms with E-state index in [0.717, 1.165) is 0 Å². The lowest BCUT2D eigenvalue weighted by Crippen LogP contribution is -2.51. The standard InChI is InChI=1S/C27H31N3O5/c1-29(27(12-13-27)25(32)33)24(31)16-30-14-10-18(11-15-30)28-26(34)35-17-23-21-8-4-2-6-19(21)20-7-3-5-9-22(20)23/h2-9,18,23H,10-17H2,1H3,(H,28,34)(H,32,33). The van der Waals surface area contributed by atoms with Gasteiger partial charge in [0.2, 0.25) is 5.91 Å². The number of benzene rings is 2. The molecule has 0 unspecified atom stereocenters. The summed E-state index contributed by atoms with van der Waals surface area (Å²) >= 11 is 0. The molecule has 5 rings (SSSR count). The van der Waals surface area contributed by atoms with Gasteiger partial charge in [0.1, 0.15) is 12.1 Å². The van der Waals surface area contributed by atoms with Crippen molar-refractivity contribution in [1.82, 2.24) is 15.1 Å². The maximum absolute atomic E-state index is 12.6. The summed E-state index contributed by atoms with van der Waals surface area (Å²) in [6.45, 7) is 1.80. The van der Waals surface area contributed by atoms with E-state index in [-0.39, 0.29) is 31.0 Å². The molecule has 0 radical (unpaired) electrons. The molecule has 8 nitrogen and oxygen atoms in total. The smallest absolute Gasteiger partial charge is 0.407 e. The minimum Gasteiger partial charge on any atom is -0.479 e. The number of hydrogen-bond donors (Lipinski definition) is 2. The zero-order valence-electron chi connectivity index (χ0n) is 19.9. The molecule has 2 N–H and O–H groups in total. The number of carbonyl (C=O) groups excluding carboxylic acids is 2. The molecule has 1 aliphatic heterocycles. The number of ether oxygens (including phenoxy) is 1. The van der Waals surface area contributed by atoms with Gasteiger partial charge < -0.3 is 20.1 Å². The van der Waals surface area contributed by atoms with Gasteiger partial charge in [0.25, 0.3) is 0 Å². The molecule has 8 heteroatoms. The predicted molar refractivity (Wildman–Crippen MR) is 130 cm³/mol. The summed E-state index contributed by atoms with van der Waals surface area (Å²) in [5, 5.41) is 12.4. The van der Waals surface area contributed by atoms with Gasteiger partial charge in [-0.15, -0.1) is 0 Å². The Morgan fingerprint density at radius 2 is 1.60 bits per heavy atom. The van der Waals surface area contributed by atoms with E-state index in [4.69, 9.17) is 4.74 Å². The Balaban J connectivity index is 1.09. The Hall–Kier alpha value is -3.39. The Bertz CT molecular complexity index is 1090. The van der Waals surface area contributed by atoms with Gasteiger partial charge in [-0.25, -0.2) is 9.59 Å². The quantitative estimate of drug-likeness (QED) is 0.636. The molecule has 35 heavy (non-hydrogen) atoms. The number of carboxylic acid groups (broad SMARTS) is 1. The van der Waals surface area contributed by atoms with Crippen LogP contribution >= 0.6 is 0 Å². The summed E-state index contributed by atoms with van der Waals surface area (Å²) in [4.78, 5) is 40.0. The number of carbonyl (C=O) groups is 3. The van der Waals surface area contributed by atoms with Crippen LogP contribution in [0.5, 0.6) is 0 Å². The average Bonchev–Trinajstić information content (AvgIpc) is 3.62. The summed E-state index contributed by atoms with van der Waals surface area (Å²) < 4.78 is 5.65. The highest BCUT2D eigenvalue weighted by Gasteiger charge is 2.55. The second-order valence-electron chi connectivity index (χ2n) is 9.81. The fourth-order valence-electron chi connectivity index (χ4n) is 5.39. The lowest BCUT2D eigenvalue weighted by atomic mass is 9.98. The van der Waals surface area contributed by atoms with Gasteiger partial charge in [-0.2, -0.15) is 0 Å². The Labute approximate surface area is 204 Å². The van der Waals surface area contributed by atoms with Crippen LogP contribution in [0.15, 0.2) is 48.5 Å². The maximum atomic E-state index is 12.6. The number of rotatable bonds is 7. The molecule has 184 valence electrons. The van der Waals surface area contributed by atoms with Gasteiger partial charge in [0.15, 0.2) is 0 Å². The minimum atomic E-state index is -1.01. The molecule has 2 aromatic rings. The number of nitrogens with one attached hydrogen (secondary N) is 1. The van der Waals surface area contributed by atoms with E-state index in [1.54, 1.807) is 7.05 Å². The van der Waals surface area contributed by atoms with Gasteiger partial charge in [-0.1, -0.05) is 48.5 Å². The van der Waals surface area contributed by atoms with Crippen LogP contribution in [0.1, 0.15) is 42.7 Å². The number of likely N-dealkylation sites (tertiary alicyclic amines) is 1. The van der Waals surface area contributed by atoms with Crippen molar-refractivity contribution in [3.8, 4) is 11.1 Å². The number of aliphatic carboxylic acids is 1. The van der Waals surface area contributed by atoms with Gasteiger partial charge in [-0.3, -0.25) is 9.69 Å². The number of alkyl carbamates (subject to hydrolysis) is 1. The van der Waals surface area contributed by atoms with Crippen molar-refractivity contribution in [2.75, 3.05) is 33.3 Å². The van der Waals surface area contributed by atoms with Crippen molar-refractivity contribution in [3.63, 3.8) is 0 Å². The first-order valence-corrected chi connectivity index (χ1v) is 12.2. The monoisotopic (exact) mass is 477 g/mol. The van der Waals surface area contributed by atoms with E-state index in [9.17, 15) is 19.5 Å². The number of carboxylic acids is 1. The van der Waals surface area contributed by atoms with Crippen molar-refractivity contribution < 1.29 is 24.2 Å². The number of amides is 2. The van der Waals surface area contributed by atoms with Crippen LogP contribution in [0.4, 0.5) is 4.79 Å². The molecule has 0 atom stereocenters. The number of likely N-dealkylation sites (N-methyl/N-ethyl adjacent to an activating group) is 1. The summed E-state index contributed by atoms with van der Waals surface area (Å²) in [5.74, 6) is -1.08. The van der Waals surface area contributed by atoms with Crippen LogP contribution in [-0.2, 0) is 14.3 Å². The van der Waals surface area contributed by atoms with Gasteiger partial charge in [0.05, 0.1) is 6.54 Å². The van der Waals surface area contributed by atoms with E-state index in [1.165, 1.54) is 27.2 Å². The first-order chi connectivity index (χ1) is 16.9. The highest BCUT2D eigenvalue weighted by molar-refractivity contribution is 5.90. The third-order valence-electron chi connectivity index (χ3n) is 7.75. The van der Waals surface area contributed by atoms with Crippen LogP contribution in [0, 0.1) is 0 Å². The van der Waals surface area contributed by atoms with Crippen LogP contribution in [-0.4, -0.2) is 77.7 Å². The minimum absolute atomic E-state index is 0.0106. The normalized spacial score (nSPS) is 18.9. The molecule has 1 saturated carbocycles. The fourth-order valence-corrected chi connectivity index (χ4v) is 5.39. The topological polar surface area (TPSA) is 99.2 Å². The summed E-state index contributed by atoms with van der Waals surface area (Å²) in [6.07, 6.45) is 2.03. The van der Waals surface area contributed by atoms with Gasteiger partial charge in [0, 0.05) is 32.1 Å². The fraction of sp³-hybridized carbons (Fsp3) is 0.444. The van der Waals surface area contributed by atoms with Crippen LogP contribution < -0.4 is 5.32 Å². The van der Waals surface area contributed by atoms with E-state index < -0.39 is 17.6 Å². The third kappa shape index (κ3) is 4.50. The molecular weight excluding hydrogens is 446 g/mol. The summed E-state index contributed by atoms with van der Waals surface area (Å²) in [6, 6.07) is 16.5. The third-order valence-corrected chi connectivity index (χ3v) is 7.75. The Morgan fingerprint density at radius 1 is 1.03 bits per heavy atom. The molecule has 1 saturated heterocycles. The van der Waals surface area contributed by atoms with Crippen molar-refractivity contribution in [1.29, 1.82) is 0 Å².